The average Bonchev–Trinajstić information content (AvgIpc) is 3.18. The number of benzene rings is 2. The van der Waals surface area contributed by atoms with Crippen LogP contribution in [-0.2, 0) is 6.42 Å². The van der Waals surface area contributed by atoms with E-state index in [-0.39, 0.29) is 0 Å². The molecule has 0 spiro atoms. The van der Waals surface area contributed by atoms with Crippen molar-refractivity contribution < 1.29 is 4.74 Å². The second kappa shape index (κ2) is 5.19. The van der Waals surface area contributed by atoms with E-state index >= 15 is 0 Å². The molecule has 1 fully saturated rings. The summed E-state index contributed by atoms with van der Waals surface area (Å²) in [5.41, 5.74) is 4.13. The summed E-state index contributed by atoms with van der Waals surface area (Å²) in [4.78, 5) is 0. The van der Waals surface area contributed by atoms with E-state index in [4.69, 9.17) is 4.74 Å². The van der Waals surface area contributed by atoms with Crippen molar-refractivity contribution in [3.8, 4) is 5.75 Å². The van der Waals surface area contributed by atoms with Crippen molar-refractivity contribution in [1.29, 1.82) is 0 Å². The highest BCUT2D eigenvalue weighted by Crippen LogP contribution is 2.40. The van der Waals surface area contributed by atoms with Crippen molar-refractivity contribution in [2.24, 2.45) is 0 Å². The van der Waals surface area contributed by atoms with E-state index in [0.29, 0.717) is 18.1 Å². The Morgan fingerprint density at radius 2 is 2.00 bits per heavy atom. The summed E-state index contributed by atoms with van der Waals surface area (Å²) in [7, 11) is 0. The van der Waals surface area contributed by atoms with Crippen LogP contribution >= 0.6 is 0 Å². The maximum absolute atomic E-state index is 6.02. The highest BCUT2D eigenvalue weighted by molar-refractivity contribution is 5.40. The third kappa shape index (κ3) is 2.68. The van der Waals surface area contributed by atoms with Gasteiger partial charge in [0.2, 0.25) is 0 Å². The van der Waals surface area contributed by atoms with Gasteiger partial charge < -0.3 is 10.1 Å². The summed E-state index contributed by atoms with van der Waals surface area (Å²) < 4.78 is 6.02. The zero-order chi connectivity index (χ0) is 14.2. The summed E-state index contributed by atoms with van der Waals surface area (Å²) in [6, 6.07) is 17.9. The summed E-state index contributed by atoms with van der Waals surface area (Å²) in [6.45, 7) is 3.09. The molecule has 2 nitrogen and oxygen atoms in total. The minimum atomic E-state index is 0.291. The molecule has 0 bridgehead atoms. The number of aryl methyl sites for hydroxylation is 1. The number of hydrogen-bond acceptors (Lipinski definition) is 2. The molecule has 4 rings (SSSR count). The van der Waals surface area contributed by atoms with Gasteiger partial charge in [0.1, 0.15) is 11.9 Å². The van der Waals surface area contributed by atoms with E-state index < -0.39 is 0 Å². The SMILES string of the molecule is Cc1ccc2c(c1)CC(CNC1CC1c1ccccc1)O2. The van der Waals surface area contributed by atoms with E-state index in [1.807, 2.05) is 0 Å². The van der Waals surface area contributed by atoms with Gasteiger partial charge >= 0.3 is 0 Å². The van der Waals surface area contributed by atoms with Gasteiger partial charge in [-0.15, -0.1) is 0 Å². The van der Waals surface area contributed by atoms with Crippen LogP contribution in [0.4, 0.5) is 0 Å². The van der Waals surface area contributed by atoms with Crippen LogP contribution < -0.4 is 10.1 Å². The zero-order valence-electron chi connectivity index (χ0n) is 12.4. The Morgan fingerprint density at radius 1 is 1.14 bits per heavy atom. The predicted octanol–water partition coefficient (Wildman–Crippen LogP) is 3.44. The molecular formula is C19H21NO. The van der Waals surface area contributed by atoms with Crippen LogP contribution in [0.1, 0.15) is 29.0 Å². The molecule has 1 aliphatic carbocycles. The van der Waals surface area contributed by atoms with Crippen LogP contribution in [0.25, 0.3) is 0 Å². The van der Waals surface area contributed by atoms with Gasteiger partial charge in [0.05, 0.1) is 0 Å². The fourth-order valence-electron chi connectivity index (χ4n) is 3.34. The average molecular weight is 279 g/mol. The molecule has 2 aromatic carbocycles. The van der Waals surface area contributed by atoms with Crippen molar-refractivity contribution in [2.75, 3.05) is 6.54 Å². The van der Waals surface area contributed by atoms with Crippen LogP contribution in [-0.4, -0.2) is 18.7 Å². The third-order valence-electron chi connectivity index (χ3n) is 4.58. The Labute approximate surface area is 126 Å². The minimum absolute atomic E-state index is 0.291. The van der Waals surface area contributed by atoms with Gasteiger partial charge in [-0.25, -0.2) is 0 Å². The number of ether oxygens (including phenoxy) is 1. The van der Waals surface area contributed by atoms with Gasteiger partial charge in [-0.3, -0.25) is 0 Å². The Kier molecular flexibility index (Phi) is 3.19. The van der Waals surface area contributed by atoms with Crippen LogP contribution in [0.5, 0.6) is 5.75 Å². The monoisotopic (exact) mass is 279 g/mol. The Morgan fingerprint density at radius 3 is 2.86 bits per heavy atom. The lowest BCUT2D eigenvalue weighted by Crippen LogP contribution is -2.32. The number of fused-ring (bicyclic) bond motifs is 1. The normalized spacial score (nSPS) is 26.2. The van der Waals surface area contributed by atoms with E-state index in [1.165, 1.54) is 23.1 Å². The number of rotatable bonds is 4. The van der Waals surface area contributed by atoms with E-state index in [0.717, 1.165) is 18.7 Å². The van der Waals surface area contributed by atoms with Gasteiger partial charge in [-0.2, -0.15) is 0 Å². The minimum Gasteiger partial charge on any atom is -0.488 e. The van der Waals surface area contributed by atoms with Crippen molar-refractivity contribution in [3.63, 3.8) is 0 Å². The molecule has 3 unspecified atom stereocenters. The second-order valence-corrected chi connectivity index (χ2v) is 6.32. The standard InChI is InChI=1S/C19H21NO/c1-13-7-8-19-15(9-13)10-16(21-19)12-20-18-11-17(18)14-5-3-2-4-6-14/h2-9,16-18,20H,10-12H2,1H3. The first-order valence-electron chi connectivity index (χ1n) is 7.84. The molecule has 0 amide bonds. The summed E-state index contributed by atoms with van der Waals surface area (Å²) in [6.07, 6.45) is 2.58. The lowest BCUT2D eigenvalue weighted by atomic mass is 10.1. The molecule has 1 aliphatic heterocycles. The molecule has 0 saturated heterocycles. The first-order chi connectivity index (χ1) is 10.3. The summed E-state index contributed by atoms with van der Waals surface area (Å²) in [5, 5.41) is 3.67. The quantitative estimate of drug-likeness (QED) is 0.925. The molecule has 2 heteroatoms. The predicted molar refractivity (Wildman–Crippen MR) is 84.9 cm³/mol. The molecular weight excluding hydrogens is 258 g/mol. The molecule has 1 N–H and O–H groups in total. The lowest BCUT2D eigenvalue weighted by Gasteiger charge is -2.11. The van der Waals surface area contributed by atoms with Gasteiger partial charge in [0, 0.05) is 24.9 Å². The zero-order valence-corrected chi connectivity index (χ0v) is 12.4. The lowest BCUT2D eigenvalue weighted by molar-refractivity contribution is 0.227. The van der Waals surface area contributed by atoms with Crippen molar-refractivity contribution >= 4 is 0 Å². The molecule has 0 aromatic heterocycles. The third-order valence-corrected chi connectivity index (χ3v) is 4.58. The van der Waals surface area contributed by atoms with E-state index in [1.54, 1.807) is 0 Å². The first-order valence-corrected chi connectivity index (χ1v) is 7.84. The largest absolute Gasteiger partial charge is 0.488 e. The Balaban J connectivity index is 1.30. The molecule has 21 heavy (non-hydrogen) atoms. The van der Waals surface area contributed by atoms with Crippen molar-refractivity contribution in [3.05, 3.63) is 65.2 Å². The fourth-order valence-corrected chi connectivity index (χ4v) is 3.34. The first kappa shape index (κ1) is 12.9. The van der Waals surface area contributed by atoms with Crippen LogP contribution in [0.3, 0.4) is 0 Å². The molecule has 2 aliphatic rings. The van der Waals surface area contributed by atoms with Gasteiger partial charge in [-0.1, -0.05) is 48.0 Å². The highest BCUT2D eigenvalue weighted by Gasteiger charge is 2.38. The fraction of sp³-hybridized carbons (Fsp3) is 0.368. The van der Waals surface area contributed by atoms with Crippen LogP contribution in [0.2, 0.25) is 0 Å². The topological polar surface area (TPSA) is 21.3 Å². The number of hydrogen-bond donors (Lipinski definition) is 1. The van der Waals surface area contributed by atoms with Gasteiger partial charge in [0.25, 0.3) is 0 Å². The molecule has 0 radical (unpaired) electrons. The van der Waals surface area contributed by atoms with Crippen LogP contribution in [0.15, 0.2) is 48.5 Å². The molecule has 1 saturated carbocycles. The Bertz CT molecular complexity index is 637. The maximum Gasteiger partial charge on any atom is 0.123 e. The molecule has 108 valence electrons. The maximum atomic E-state index is 6.02. The summed E-state index contributed by atoms with van der Waals surface area (Å²) >= 11 is 0. The van der Waals surface area contributed by atoms with Gasteiger partial charge in [0.15, 0.2) is 0 Å². The highest BCUT2D eigenvalue weighted by atomic mass is 16.5. The van der Waals surface area contributed by atoms with Gasteiger partial charge in [-0.05, 0) is 30.5 Å². The second-order valence-electron chi connectivity index (χ2n) is 6.32. The Hall–Kier alpha value is -1.80. The molecule has 3 atom stereocenters. The van der Waals surface area contributed by atoms with Crippen LogP contribution in [0, 0.1) is 6.92 Å². The van der Waals surface area contributed by atoms with E-state index in [2.05, 4.69) is 60.8 Å². The van der Waals surface area contributed by atoms with E-state index in [9.17, 15) is 0 Å². The number of nitrogens with one attached hydrogen (secondary N) is 1. The molecule has 2 aromatic rings. The van der Waals surface area contributed by atoms with Crippen molar-refractivity contribution in [1.82, 2.24) is 5.32 Å². The smallest absolute Gasteiger partial charge is 0.123 e. The van der Waals surface area contributed by atoms with Crippen molar-refractivity contribution in [2.45, 2.75) is 37.8 Å². The molecule has 1 heterocycles. The summed E-state index contributed by atoms with van der Waals surface area (Å²) in [5.74, 6) is 1.76.